The molecule has 3 amide bonds. The van der Waals surface area contributed by atoms with Gasteiger partial charge in [0, 0.05) is 25.7 Å². The molecule has 0 saturated carbocycles. The van der Waals surface area contributed by atoms with Crippen molar-refractivity contribution in [2.75, 3.05) is 34.8 Å². The Kier molecular flexibility index (Phi) is 5.25. The minimum atomic E-state index is -4.41. The molecule has 0 aromatic carbocycles. The molecule has 1 fully saturated rings. The maximum Gasteiger partial charge on any atom is 0.393 e. The molecular formula is C21H21F3N8O2. The van der Waals surface area contributed by atoms with Gasteiger partial charge in [0.1, 0.15) is 11.5 Å². The van der Waals surface area contributed by atoms with Crippen LogP contribution in [-0.2, 0) is 0 Å². The van der Waals surface area contributed by atoms with Crippen LogP contribution < -0.4 is 20.4 Å². The number of amides is 3. The summed E-state index contributed by atoms with van der Waals surface area (Å²) < 4.78 is 38.3. The van der Waals surface area contributed by atoms with Gasteiger partial charge < -0.3 is 15.2 Å². The van der Waals surface area contributed by atoms with Crippen molar-refractivity contribution < 1.29 is 22.8 Å². The number of fused-ring (bicyclic) bond motifs is 5. The average Bonchev–Trinajstić information content (AvgIpc) is 3.43. The number of halogens is 3. The molecule has 3 aromatic rings. The van der Waals surface area contributed by atoms with E-state index in [1.165, 1.54) is 17.3 Å². The number of nitrogens with zero attached hydrogens (tertiary/aromatic N) is 5. The predicted molar refractivity (Wildman–Crippen MR) is 118 cm³/mol. The van der Waals surface area contributed by atoms with E-state index in [0.717, 1.165) is 19.0 Å². The van der Waals surface area contributed by atoms with Crippen LogP contribution in [0, 0.1) is 5.92 Å². The van der Waals surface area contributed by atoms with E-state index in [4.69, 9.17) is 0 Å². The normalized spacial score (nSPS) is 18.1. The molecule has 3 aromatic heterocycles. The third kappa shape index (κ3) is 3.97. The van der Waals surface area contributed by atoms with Gasteiger partial charge in [-0.05, 0) is 18.6 Å². The van der Waals surface area contributed by atoms with Crippen molar-refractivity contribution in [2.24, 2.45) is 5.92 Å². The molecule has 2 aliphatic heterocycles. The summed E-state index contributed by atoms with van der Waals surface area (Å²) in [5.41, 5.74) is 1.98. The number of anilines is 3. The first-order valence-corrected chi connectivity index (χ1v) is 10.7. The van der Waals surface area contributed by atoms with Gasteiger partial charge in [-0.1, -0.05) is 6.92 Å². The van der Waals surface area contributed by atoms with E-state index < -0.39 is 30.6 Å². The van der Waals surface area contributed by atoms with Crippen molar-refractivity contribution >= 4 is 40.3 Å². The molecule has 0 aliphatic carbocycles. The first-order valence-electron chi connectivity index (χ1n) is 10.7. The first-order chi connectivity index (χ1) is 16.2. The quantitative estimate of drug-likeness (QED) is 0.535. The third-order valence-electron chi connectivity index (χ3n) is 6.07. The van der Waals surface area contributed by atoms with Crippen LogP contribution in [0.2, 0.25) is 0 Å². The maximum atomic E-state index is 13.3. The number of H-pyrrole nitrogens is 1. The highest BCUT2D eigenvalue weighted by molar-refractivity contribution is 6.05. The fourth-order valence-corrected chi connectivity index (χ4v) is 4.12. The van der Waals surface area contributed by atoms with Gasteiger partial charge in [0.2, 0.25) is 0 Å². The van der Waals surface area contributed by atoms with Gasteiger partial charge in [-0.15, -0.1) is 0 Å². The number of rotatable bonds is 4. The highest BCUT2D eigenvalue weighted by Gasteiger charge is 2.41. The summed E-state index contributed by atoms with van der Waals surface area (Å²) in [7, 11) is 0. The summed E-state index contributed by atoms with van der Waals surface area (Å²) in [6.07, 6.45) is -0.620. The molecule has 3 N–H and O–H groups in total. The largest absolute Gasteiger partial charge is 0.393 e. The first kappa shape index (κ1) is 21.9. The Hall–Kier alpha value is -3.90. The number of hydrogen-bond donors (Lipinski definition) is 3. The Labute approximate surface area is 191 Å². The number of aromatic amines is 1. The molecule has 5 heterocycles. The lowest BCUT2D eigenvalue weighted by atomic mass is 10.1. The number of carbonyl (C=O) groups excluding carboxylic acids is 2. The molecule has 2 bridgehead atoms. The van der Waals surface area contributed by atoms with Gasteiger partial charge in [-0.2, -0.15) is 13.2 Å². The fraction of sp³-hybridized carbons (Fsp3) is 0.381. The third-order valence-corrected chi connectivity index (χ3v) is 6.07. The second-order valence-corrected chi connectivity index (χ2v) is 8.37. The molecule has 5 rings (SSSR count). The van der Waals surface area contributed by atoms with Crippen molar-refractivity contribution in [3.05, 3.63) is 36.4 Å². The number of pyridine rings is 2. The lowest BCUT2D eigenvalue weighted by molar-refractivity contribution is -0.167. The molecular weight excluding hydrogens is 453 g/mol. The topological polar surface area (TPSA) is 119 Å². The summed E-state index contributed by atoms with van der Waals surface area (Å²) in [6, 6.07) is 4.12. The zero-order chi connectivity index (χ0) is 24.0. The molecule has 2 aliphatic rings. The van der Waals surface area contributed by atoms with Crippen molar-refractivity contribution in [1.29, 1.82) is 0 Å². The van der Waals surface area contributed by atoms with E-state index in [0.29, 0.717) is 30.0 Å². The summed E-state index contributed by atoms with van der Waals surface area (Å²) in [5, 5.41) is 5.04. The lowest BCUT2D eigenvalue weighted by Gasteiger charge is -2.35. The number of imidazole rings is 1. The molecule has 1 saturated heterocycles. The van der Waals surface area contributed by atoms with Crippen molar-refractivity contribution in [3.8, 4) is 0 Å². The Balaban J connectivity index is 1.39. The number of nitrogens with one attached hydrogen (secondary N) is 3. The Bertz CT molecular complexity index is 1260. The Morgan fingerprint density at radius 3 is 2.91 bits per heavy atom. The van der Waals surface area contributed by atoms with Crippen LogP contribution >= 0.6 is 0 Å². The van der Waals surface area contributed by atoms with Gasteiger partial charge in [-0.25, -0.2) is 19.7 Å². The molecule has 13 heteroatoms. The van der Waals surface area contributed by atoms with Crippen LogP contribution in [0.15, 0.2) is 30.7 Å². The maximum absolute atomic E-state index is 13.3. The smallest absolute Gasteiger partial charge is 0.366 e. The summed E-state index contributed by atoms with van der Waals surface area (Å²) in [4.78, 5) is 45.0. The molecule has 0 unspecified atom stereocenters. The van der Waals surface area contributed by atoms with Gasteiger partial charge in [0.25, 0.3) is 5.91 Å². The Morgan fingerprint density at radius 2 is 2.12 bits per heavy atom. The van der Waals surface area contributed by atoms with E-state index in [9.17, 15) is 22.8 Å². The molecule has 10 nitrogen and oxygen atoms in total. The molecule has 34 heavy (non-hydrogen) atoms. The van der Waals surface area contributed by atoms with Crippen LogP contribution in [0.25, 0.3) is 11.0 Å². The molecule has 2 atom stereocenters. The second-order valence-electron chi connectivity index (χ2n) is 8.37. The number of aromatic nitrogens is 4. The Morgan fingerprint density at radius 1 is 1.29 bits per heavy atom. The zero-order valence-electron chi connectivity index (χ0n) is 18.1. The van der Waals surface area contributed by atoms with E-state index in [1.54, 1.807) is 18.3 Å². The van der Waals surface area contributed by atoms with Crippen LogP contribution in [0.5, 0.6) is 0 Å². The van der Waals surface area contributed by atoms with E-state index in [2.05, 4.69) is 35.5 Å². The lowest BCUT2D eigenvalue weighted by Crippen LogP contribution is -2.48. The number of hydrogen-bond acceptors (Lipinski definition) is 6. The average molecular weight is 474 g/mol. The van der Waals surface area contributed by atoms with E-state index >= 15 is 0 Å². The van der Waals surface area contributed by atoms with Crippen LogP contribution in [0.1, 0.15) is 23.8 Å². The minimum absolute atomic E-state index is 0.0653. The van der Waals surface area contributed by atoms with Gasteiger partial charge in [0.15, 0.2) is 5.82 Å². The van der Waals surface area contributed by atoms with Crippen molar-refractivity contribution in [3.63, 3.8) is 0 Å². The predicted octanol–water partition coefficient (Wildman–Crippen LogP) is 2.91. The SMILES string of the molecule is C[C@@H](CNC(=O)c1ccc2c(n1)N(C(=O)Nc1cc3nc[nH]c3cn1)[C@H]1CCN2C1)C(F)(F)F. The monoisotopic (exact) mass is 474 g/mol. The number of urea groups is 1. The standard InChI is InChI=1S/C21H21F3N8O2/c1-11(21(22,23)24)7-26-19(33)13-2-3-16-18(29-13)32(12-4-5-31(16)9-12)20(34)30-17-6-14-15(8-25-17)28-10-27-14/h2-3,6,8,10-12H,4-5,7,9H2,1H3,(H,26,33)(H,27,28)(H,25,30,34)/t11-,12-/m0/s1. The van der Waals surface area contributed by atoms with Crippen LogP contribution in [-0.4, -0.2) is 63.7 Å². The molecule has 0 spiro atoms. The summed E-state index contributed by atoms with van der Waals surface area (Å²) in [6.45, 7) is 1.76. The highest BCUT2D eigenvalue weighted by atomic mass is 19.4. The fourth-order valence-electron chi connectivity index (χ4n) is 4.12. The van der Waals surface area contributed by atoms with Gasteiger partial charge in [-0.3, -0.25) is 15.0 Å². The highest BCUT2D eigenvalue weighted by Crippen LogP contribution is 2.39. The summed E-state index contributed by atoms with van der Waals surface area (Å²) in [5.74, 6) is -1.85. The van der Waals surface area contributed by atoms with Gasteiger partial charge in [0.05, 0.1) is 41.2 Å². The second kappa shape index (κ2) is 8.15. The summed E-state index contributed by atoms with van der Waals surface area (Å²) >= 11 is 0. The van der Waals surface area contributed by atoms with Crippen LogP contribution in [0.3, 0.4) is 0 Å². The van der Waals surface area contributed by atoms with Crippen LogP contribution in [0.4, 0.5) is 35.3 Å². The molecule has 0 radical (unpaired) electrons. The number of alkyl halides is 3. The van der Waals surface area contributed by atoms with E-state index in [-0.39, 0.29) is 17.6 Å². The van der Waals surface area contributed by atoms with Gasteiger partial charge >= 0.3 is 12.2 Å². The van der Waals surface area contributed by atoms with Crippen molar-refractivity contribution in [2.45, 2.75) is 25.6 Å². The zero-order valence-corrected chi connectivity index (χ0v) is 18.1. The number of carbonyl (C=O) groups is 2. The van der Waals surface area contributed by atoms with Crippen molar-refractivity contribution in [1.82, 2.24) is 25.3 Å². The molecule has 178 valence electrons. The minimum Gasteiger partial charge on any atom is -0.366 e. The van der Waals surface area contributed by atoms with E-state index in [1.807, 2.05) is 0 Å².